The maximum absolute atomic E-state index is 12.0. The number of rotatable bonds is 5. The van der Waals surface area contributed by atoms with Gasteiger partial charge in [-0.25, -0.2) is 14.8 Å². The molecular formula is C14H19N5OS. The third-order valence-corrected chi connectivity index (χ3v) is 3.73. The van der Waals surface area contributed by atoms with E-state index >= 15 is 0 Å². The van der Waals surface area contributed by atoms with E-state index in [1.807, 2.05) is 37.4 Å². The van der Waals surface area contributed by atoms with Crippen molar-refractivity contribution in [1.82, 2.24) is 15.3 Å². The van der Waals surface area contributed by atoms with Crippen molar-refractivity contribution in [1.29, 1.82) is 0 Å². The van der Waals surface area contributed by atoms with Gasteiger partial charge in [-0.15, -0.1) is 11.3 Å². The molecule has 0 radical (unpaired) electrons. The highest BCUT2D eigenvalue weighted by molar-refractivity contribution is 7.09. The Bertz CT molecular complexity index is 585. The zero-order valence-electron chi connectivity index (χ0n) is 12.3. The fraction of sp³-hybridized carbons (Fsp3) is 0.357. The molecule has 0 aromatic carbocycles. The Hall–Kier alpha value is -2.15. The van der Waals surface area contributed by atoms with Gasteiger partial charge in [0.15, 0.2) is 5.82 Å². The fourth-order valence-corrected chi connectivity index (χ4v) is 2.77. The Labute approximate surface area is 128 Å². The Morgan fingerprint density at radius 1 is 1.48 bits per heavy atom. The van der Waals surface area contributed by atoms with E-state index in [4.69, 9.17) is 0 Å². The second-order valence-corrected chi connectivity index (χ2v) is 5.97. The van der Waals surface area contributed by atoms with Crippen LogP contribution in [0.2, 0.25) is 0 Å². The molecule has 2 N–H and O–H groups in total. The van der Waals surface area contributed by atoms with E-state index < -0.39 is 0 Å². The van der Waals surface area contributed by atoms with Crippen LogP contribution in [0.4, 0.5) is 16.3 Å². The number of carbonyl (C=O) groups excluding carboxylic acids is 1. The molecule has 2 aromatic heterocycles. The number of amides is 2. The maximum atomic E-state index is 12.0. The normalized spacial score (nSPS) is 11.8. The molecule has 0 saturated carbocycles. The third-order valence-electron chi connectivity index (χ3n) is 2.83. The minimum Gasteiger partial charge on any atom is -0.361 e. The molecule has 0 unspecified atom stereocenters. The number of anilines is 2. The quantitative estimate of drug-likeness (QED) is 0.889. The van der Waals surface area contributed by atoms with Gasteiger partial charge in [-0.1, -0.05) is 6.07 Å². The molecule has 1 atom stereocenters. The monoisotopic (exact) mass is 305 g/mol. The second-order valence-electron chi connectivity index (χ2n) is 4.94. The number of hydrogen-bond acceptors (Lipinski definition) is 5. The second kappa shape index (κ2) is 7.03. The molecule has 0 aliphatic rings. The summed E-state index contributed by atoms with van der Waals surface area (Å²) in [4.78, 5) is 23.2. The Balaban J connectivity index is 1.92. The zero-order valence-corrected chi connectivity index (χ0v) is 13.1. The topological polar surface area (TPSA) is 70.1 Å². The highest BCUT2D eigenvalue weighted by Crippen LogP contribution is 2.19. The summed E-state index contributed by atoms with van der Waals surface area (Å²) in [6, 6.07) is 3.88. The van der Waals surface area contributed by atoms with Gasteiger partial charge in [0, 0.05) is 31.4 Å². The minimum absolute atomic E-state index is 0.0519. The van der Waals surface area contributed by atoms with Crippen LogP contribution in [0.15, 0.2) is 30.0 Å². The van der Waals surface area contributed by atoms with Crippen molar-refractivity contribution in [3.05, 3.63) is 34.9 Å². The predicted octanol–water partition coefficient (Wildman–Crippen LogP) is 2.36. The van der Waals surface area contributed by atoms with E-state index in [-0.39, 0.29) is 12.1 Å². The molecular weight excluding hydrogens is 286 g/mol. The molecule has 2 heterocycles. The van der Waals surface area contributed by atoms with Crippen LogP contribution in [0.1, 0.15) is 11.8 Å². The summed E-state index contributed by atoms with van der Waals surface area (Å²) in [5.41, 5.74) is 0.586. The molecule has 2 aromatic rings. The average molecular weight is 305 g/mol. The third kappa shape index (κ3) is 4.42. The Morgan fingerprint density at radius 3 is 2.95 bits per heavy atom. The van der Waals surface area contributed by atoms with Gasteiger partial charge < -0.3 is 15.5 Å². The van der Waals surface area contributed by atoms with Gasteiger partial charge >= 0.3 is 6.03 Å². The molecule has 112 valence electrons. The summed E-state index contributed by atoms with van der Waals surface area (Å²) in [5, 5.41) is 7.74. The van der Waals surface area contributed by atoms with Gasteiger partial charge in [-0.2, -0.15) is 0 Å². The van der Waals surface area contributed by atoms with Gasteiger partial charge in [0.25, 0.3) is 0 Å². The first kappa shape index (κ1) is 15.2. The Morgan fingerprint density at radius 2 is 2.29 bits per heavy atom. The highest BCUT2D eigenvalue weighted by atomic mass is 32.1. The first-order valence-electron chi connectivity index (χ1n) is 6.63. The smallest absolute Gasteiger partial charge is 0.319 e. The van der Waals surface area contributed by atoms with E-state index in [1.165, 1.54) is 11.2 Å². The zero-order chi connectivity index (χ0) is 15.2. The minimum atomic E-state index is -0.253. The van der Waals surface area contributed by atoms with Crippen LogP contribution in [0, 0.1) is 0 Å². The SMILES string of the molecule is C[C@@H](Cc1cccs1)NC(=O)Nc1cncnc1N(C)C. The molecule has 6 nitrogen and oxygen atoms in total. The van der Waals surface area contributed by atoms with E-state index in [1.54, 1.807) is 17.5 Å². The lowest BCUT2D eigenvalue weighted by Crippen LogP contribution is -2.37. The molecule has 21 heavy (non-hydrogen) atoms. The van der Waals surface area contributed by atoms with Crippen LogP contribution >= 0.6 is 11.3 Å². The average Bonchev–Trinajstić information content (AvgIpc) is 2.91. The number of urea groups is 1. The maximum Gasteiger partial charge on any atom is 0.319 e. The van der Waals surface area contributed by atoms with Crippen LogP contribution in [0.5, 0.6) is 0 Å². The first-order valence-corrected chi connectivity index (χ1v) is 7.51. The molecule has 7 heteroatoms. The van der Waals surface area contributed by atoms with Crippen LogP contribution in [0.25, 0.3) is 0 Å². The van der Waals surface area contributed by atoms with Crippen molar-refractivity contribution in [2.24, 2.45) is 0 Å². The predicted molar refractivity (Wildman–Crippen MR) is 86.0 cm³/mol. The number of hydrogen-bond donors (Lipinski definition) is 2. The van der Waals surface area contributed by atoms with E-state index in [0.29, 0.717) is 11.5 Å². The molecule has 2 amide bonds. The van der Waals surface area contributed by atoms with Crippen molar-refractivity contribution in [2.75, 3.05) is 24.3 Å². The molecule has 0 aliphatic heterocycles. The molecule has 0 saturated heterocycles. The number of nitrogens with one attached hydrogen (secondary N) is 2. The molecule has 0 aliphatic carbocycles. The standard InChI is InChI=1S/C14H19N5OS/c1-10(7-11-5-4-6-21-11)17-14(20)18-12-8-15-9-16-13(12)19(2)3/h4-6,8-10H,7H2,1-3H3,(H2,17,18,20)/t10-/m0/s1. The van der Waals surface area contributed by atoms with Crippen LogP contribution < -0.4 is 15.5 Å². The highest BCUT2D eigenvalue weighted by Gasteiger charge is 2.12. The summed E-state index contributed by atoms with van der Waals surface area (Å²) >= 11 is 1.69. The number of carbonyl (C=O) groups is 1. The van der Waals surface area contributed by atoms with Crippen LogP contribution in [-0.4, -0.2) is 36.1 Å². The van der Waals surface area contributed by atoms with Crippen molar-refractivity contribution in [2.45, 2.75) is 19.4 Å². The fourth-order valence-electron chi connectivity index (χ4n) is 1.93. The molecule has 2 rings (SSSR count). The van der Waals surface area contributed by atoms with Crippen molar-refractivity contribution in [3.8, 4) is 0 Å². The van der Waals surface area contributed by atoms with Crippen LogP contribution in [0.3, 0.4) is 0 Å². The lowest BCUT2D eigenvalue weighted by molar-refractivity contribution is 0.249. The van der Waals surface area contributed by atoms with Gasteiger partial charge in [-0.05, 0) is 18.4 Å². The largest absolute Gasteiger partial charge is 0.361 e. The van der Waals surface area contributed by atoms with Gasteiger partial charge in [-0.3, -0.25) is 0 Å². The lowest BCUT2D eigenvalue weighted by atomic mass is 10.2. The molecule has 0 bridgehead atoms. The number of aromatic nitrogens is 2. The molecule has 0 fully saturated rings. The Kier molecular flexibility index (Phi) is 5.10. The number of thiophene rings is 1. The van der Waals surface area contributed by atoms with Crippen molar-refractivity contribution in [3.63, 3.8) is 0 Å². The van der Waals surface area contributed by atoms with Crippen LogP contribution in [-0.2, 0) is 6.42 Å². The summed E-state index contributed by atoms with van der Waals surface area (Å²) in [6.45, 7) is 1.98. The lowest BCUT2D eigenvalue weighted by Gasteiger charge is -2.17. The summed E-state index contributed by atoms with van der Waals surface area (Å²) in [6.07, 6.45) is 3.86. The van der Waals surface area contributed by atoms with Gasteiger partial charge in [0.1, 0.15) is 12.0 Å². The van der Waals surface area contributed by atoms with E-state index in [0.717, 1.165) is 6.42 Å². The van der Waals surface area contributed by atoms with Crippen molar-refractivity contribution < 1.29 is 4.79 Å². The van der Waals surface area contributed by atoms with Gasteiger partial charge in [0.05, 0.1) is 6.20 Å². The van der Waals surface area contributed by atoms with E-state index in [9.17, 15) is 4.79 Å². The van der Waals surface area contributed by atoms with E-state index in [2.05, 4.69) is 26.7 Å². The summed E-state index contributed by atoms with van der Waals surface area (Å²) in [5.74, 6) is 0.672. The first-order chi connectivity index (χ1) is 10.1. The van der Waals surface area contributed by atoms with Crippen molar-refractivity contribution >= 4 is 28.9 Å². The van der Waals surface area contributed by atoms with Gasteiger partial charge in [0.2, 0.25) is 0 Å². The number of nitrogens with zero attached hydrogens (tertiary/aromatic N) is 3. The summed E-state index contributed by atoms with van der Waals surface area (Å²) < 4.78 is 0. The molecule has 0 spiro atoms. The summed E-state index contributed by atoms with van der Waals surface area (Å²) in [7, 11) is 3.73.